The van der Waals surface area contributed by atoms with Crippen molar-refractivity contribution in [2.45, 2.75) is 58.4 Å². The number of hydrogen-bond acceptors (Lipinski definition) is 1. The molecule has 0 amide bonds. The highest BCUT2D eigenvalue weighted by molar-refractivity contribution is 4.70. The molecule has 1 nitrogen and oxygen atoms in total. The van der Waals surface area contributed by atoms with E-state index in [1.54, 1.807) is 0 Å². The van der Waals surface area contributed by atoms with Crippen LogP contribution in [0.5, 0.6) is 0 Å². The Labute approximate surface area is 76.9 Å². The van der Waals surface area contributed by atoms with Crippen LogP contribution in [0.4, 0.5) is 0 Å². The monoisotopic (exact) mass is 169 g/mol. The maximum atomic E-state index is 3.64. The molecule has 1 atom stereocenters. The second-order valence-electron chi connectivity index (χ2n) is 4.47. The molecule has 1 unspecified atom stereocenters. The van der Waals surface area contributed by atoms with E-state index >= 15 is 0 Å². The van der Waals surface area contributed by atoms with E-state index in [1.165, 1.54) is 45.1 Å². The average molecular weight is 169 g/mol. The van der Waals surface area contributed by atoms with Gasteiger partial charge >= 0.3 is 0 Å². The Morgan fingerprint density at radius 3 is 2.83 bits per heavy atom. The molecule has 0 aliphatic carbocycles. The molecule has 72 valence electrons. The number of hydrogen-bond donors (Lipinski definition) is 1. The summed E-state index contributed by atoms with van der Waals surface area (Å²) >= 11 is 0. The normalized spacial score (nSPS) is 25.8. The predicted octanol–water partition coefficient (Wildman–Crippen LogP) is 2.95. The van der Waals surface area contributed by atoms with E-state index in [1.807, 2.05) is 0 Å². The Morgan fingerprint density at radius 1 is 1.25 bits per heavy atom. The fraction of sp³-hybridized carbons (Fsp3) is 1.00. The number of rotatable bonds is 3. The molecule has 0 bridgehead atoms. The van der Waals surface area contributed by atoms with E-state index in [2.05, 4.69) is 19.2 Å². The molecule has 0 aromatic carbocycles. The lowest BCUT2D eigenvalue weighted by Gasteiger charge is -2.16. The molecule has 1 aliphatic rings. The lowest BCUT2D eigenvalue weighted by atomic mass is 10.0. The quantitative estimate of drug-likeness (QED) is 0.685. The van der Waals surface area contributed by atoms with E-state index in [0.29, 0.717) is 0 Å². The molecule has 1 rings (SSSR count). The van der Waals surface area contributed by atoms with Gasteiger partial charge in [0.1, 0.15) is 0 Å². The zero-order valence-electron chi connectivity index (χ0n) is 8.60. The van der Waals surface area contributed by atoms with Gasteiger partial charge in [-0.15, -0.1) is 0 Å². The van der Waals surface area contributed by atoms with Crippen LogP contribution in [-0.4, -0.2) is 12.6 Å². The van der Waals surface area contributed by atoms with Crippen molar-refractivity contribution in [2.75, 3.05) is 6.54 Å². The van der Waals surface area contributed by atoms with Crippen LogP contribution in [0.2, 0.25) is 0 Å². The van der Waals surface area contributed by atoms with E-state index in [0.717, 1.165) is 12.0 Å². The summed E-state index contributed by atoms with van der Waals surface area (Å²) in [5.41, 5.74) is 0. The number of nitrogens with one attached hydrogen (secondary N) is 1. The molecule has 1 heterocycles. The largest absolute Gasteiger partial charge is 0.314 e. The molecule has 1 aliphatic heterocycles. The molecule has 0 radical (unpaired) electrons. The van der Waals surface area contributed by atoms with Crippen LogP contribution in [0.3, 0.4) is 0 Å². The minimum Gasteiger partial charge on any atom is -0.314 e. The molecule has 12 heavy (non-hydrogen) atoms. The van der Waals surface area contributed by atoms with Gasteiger partial charge in [-0.05, 0) is 38.1 Å². The summed E-state index contributed by atoms with van der Waals surface area (Å²) in [4.78, 5) is 0. The molecule has 0 aromatic rings. The Kier molecular flexibility index (Phi) is 4.67. The zero-order valence-corrected chi connectivity index (χ0v) is 8.60. The first kappa shape index (κ1) is 10.0. The highest BCUT2D eigenvalue weighted by Crippen LogP contribution is 2.14. The molecule has 0 aromatic heterocycles. The van der Waals surface area contributed by atoms with Gasteiger partial charge in [-0.2, -0.15) is 0 Å². The van der Waals surface area contributed by atoms with Crippen LogP contribution in [-0.2, 0) is 0 Å². The van der Waals surface area contributed by atoms with Crippen molar-refractivity contribution in [2.24, 2.45) is 5.92 Å². The second kappa shape index (κ2) is 5.58. The van der Waals surface area contributed by atoms with Gasteiger partial charge in [0, 0.05) is 6.04 Å². The maximum absolute atomic E-state index is 3.64. The highest BCUT2D eigenvalue weighted by Gasteiger charge is 2.10. The van der Waals surface area contributed by atoms with Gasteiger partial charge in [-0.3, -0.25) is 0 Å². The van der Waals surface area contributed by atoms with Crippen LogP contribution >= 0.6 is 0 Å². The minimum atomic E-state index is 0.829. The highest BCUT2D eigenvalue weighted by atomic mass is 14.9. The first-order valence-corrected chi connectivity index (χ1v) is 5.52. The van der Waals surface area contributed by atoms with Crippen LogP contribution in [0.15, 0.2) is 0 Å². The average Bonchev–Trinajstić information content (AvgIpc) is 2.28. The fourth-order valence-corrected chi connectivity index (χ4v) is 1.88. The topological polar surface area (TPSA) is 12.0 Å². The molecular formula is C11H23N. The molecular weight excluding hydrogens is 146 g/mol. The Morgan fingerprint density at radius 2 is 2.08 bits per heavy atom. The Bertz CT molecular complexity index is 102. The summed E-state index contributed by atoms with van der Waals surface area (Å²) in [7, 11) is 0. The zero-order chi connectivity index (χ0) is 8.81. The maximum Gasteiger partial charge on any atom is 0.00671 e. The van der Waals surface area contributed by atoms with Gasteiger partial charge in [-0.25, -0.2) is 0 Å². The van der Waals surface area contributed by atoms with E-state index < -0.39 is 0 Å². The van der Waals surface area contributed by atoms with Crippen molar-refractivity contribution in [1.82, 2.24) is 5.32 Å². The third-order valence-electron chi connectivity index (χ3n) is 2.75. The van der Waals surface area contributed by atoms with Crippen LogP contribution in [0, 0.1) is 5.92 Å². The standard InChI is InChI=1S/C11H23N/c1-10(2)7-8-11-6-4-3-5-9-12-11/h10-12H,3-9H2,1-2H3. The van der Waals surface area contributed by atoms with E-state index in [9.17, 15) is 0 Å². The molecule has 1 saturated heterocycles. The van der Waals surface area contributed by atoms with Crippen molar-refractivity contribution < 1.29 is 0 Å². The van der Waals surface area contributed by atoms with Gasteiger partial charge in [0.05, 0.1) is 0 Å². The van der Waals surface area contributed by atoms with Gasteiger partial charge in [-0.1, -0.05) is 26.7 Å². The van der Waals surface area contributed by atoms with Gasteiger partial charge in [0.15, 0.2) is 0 Å². The molecule has 1 N–H and O–H groups in total. The van der Waals surface area contributed by atoms with Crippen molar-refractivity contribution in [3.05, 3.63) is 0 Å². The second-order valence-corrected chi connectivity index (χ2v) is 4.47. The lowest BCUT2D eigenvalue weighted by Crippen LogP contribution is -2.28. The smallest absolute Gasteiger partial charge is 0.00671 e. The van der Waals surface area contributed by atoms with Gasteiger partial charge in [0.2, 0.25) is 0 Å². The van der Waals surface area contributed by atoms with E-state index in [4.69, 9.17) is 0 Å². The molecule has 0 spiro atoms. The summed E-state index contributed by atoms with van der Waals surface area (Å²) in [5.74, 6) is 0.870. The summed E-state index contributed by atoms with van der Waals surface area (Å²) < 4.78 is 0. The first-order chi connectivity index (χ1) is 5.79. The SMILES string of the molecule is CC(C)CCC1CCCCCN1. The van der Waals surface area contributed by atoms with Crippen molar-refractivity contribution in [3.8, 4) is 0 Å². The molecule has 0 saturated carbocycles. The summed E-state index contributed by atoms with van der Waals surface area (Å²) in [5, 5.41) is 3.64. The van der Waals surface area contributed by atoms with Crippen molar-refractivity contribution in [3.63, 3.8) is 0 Å². The van der Waals surface area contributed by atoms with Crippen LogP contribution in [0.25, 0.3) is 0 Å². The van der Waals surface area contributed by atoms with Crippen molar-refractivity contribution >= 4 is 0 Å². The fourth-order valence-electron chi connectivity index (χ4n) is 1.88. The minimum absolute atomic E-state index is 0.829. The molecule has 1 heteroatoms. The van der Waals surface area contributed by atoms with Crippen LogP contribution < -0.4 is 5.32 Å². The summed E-state index contributed by atoms with van der Waals surface area (Å²) in [6.07, 6.45) is 8.45. The van der Waals surface area contributed by atoms with Crippen LogP contribution in [0.1, 0.15) is 52.4 Å². The third kappa shape index (κ3) is 4.10. The lowest BCUT2D eigenvalue weighted by molar-refractivity contribution is 0.426. The first-order valence-electron chi connectivity index (χ1n) is 5.52. The molecule has 1 fully saturated rings. The van der Waals surface area contributed by atoms with Crippen molar-refractivity contribution in [1.29, 1.82) is 0 Å². The summed E-state index contributed by atoms with van der Waals surface area (Å²) in [6.45, 7) is 5.89. The Balaban J connectivity index is 2.12. The summed E-state index contributed by atoms with van der Waals surface area (Å²) in [6, 6.07) is 0.829. The van der Waals surface area contributed by atoms with E-state index in [-0.39, 0.29) is 0 Å². The Hall–Kier alpha value is -0.0400. The van der Waals surface area contributed by atoms with Gasteiger partial charge < -0.3 is 5.32 Å². The predicted molar refractivity (Wildman–Crippen MR) is 54.3 cm³/mol. The van der Waals surface area contributed by atoms with Gasteiger partial charge in [0.25, 0.3) is 0 Å². The third-order valence-corrected chi connectivity index (χ3v) is 2.75.